The fourth-order valence-corrected chi connectivity index (χ4v) is 1.42. The monoisotopic (exact) mass is 236 g/mol. The number of amides is 1. The molecule has 4 nitrogen and oxygen atoms in total. The van der Waals surface area contributed by atoms with E-state index in [2.05, 4.69) is 31.2 Å². The van der Waals surface area contributed by atoms with Gasteiger partial charge in [0.2, 0.25) is 0 Å². The molecular formula is C13H20N2O2. The summed E-state index contributed by atoms with van der Waals surface area (Å²) in [6.07, 6.45) is 0.487. The zero-order chi connectivity index (χ0) is 12.8. The van der Waals surface area contributed by atoms with Gasteiger partial charge in [-0.05, 0) is 45.1 Å². The standard InChI is InChI=1S/C13H20N2O2/c1-10(15(3)4)8-11-6-5-7-12(9-11)17-13(16)14-2/h5-7,9-10H,8H2,1-4H3,(H,14,16). The van der Waals surface area contributed by atoms with Gasteiger partial charge >= 0.3 is 6.09 Å². The van der Waals surface area contributed by atoms with Gasteiger partial charge in [0, 0.05) is 13.1 Å². The largest absolute Gasteiger partial charge is 0.412 e. The van der Waals surface area contributed by atoms with Gasteiger partial charge in [0.1, 0.15) is 5.75 Å². The van der Waals surface area contributed by atoms with Gasteiger partial charge in [-0.15, -0.1) is 0 Å². The first-order chi connectivity index (χ1) is 8.02. The lowest BCUT2D eigenvalue weighted by molar-refractivity contribution is 0.203. The molecule has 0 bridgehead atoms. The van der Waals surface area contributed by atoms with Crippen molar-refractivity contribution in [3.8, 4) is 5.75 Å². The van der Waals surface area contributed by atoms with Gasteiger partial charge in [0.05, 0.1) is 0 Å². The van der Waals surface area contributed by atoms with Gasteiger partial charge in [-0.1, -0.05) is 12.1 Å². The Balaban J connectivity index is 2.69. The number of carbonyl (C=O) groups is 1. The fraction of sp³-hybridized carbons (Fsp3) is 0.462. The van der Waals surface area contributed by atoms with Crippen molar-refractivity contribution in [3.63, 3.8) is 0 Å². The molecule has 0 aromatic heterocycles. The molecule has 0 aliphatic carbocycles. The maximum Gasteiger partial charge on any atom is 0.412 e. The molecule has 94 valence electrons. The summed E-state index contributed by atoms with van der Waals surface area (Å²) in [5.74, 6) is 0.577. The SMILES string of the molecule is CNC(=O)Oc1cccc(CC(C)N(C)C)c1. The first kappa shape index (κ1) is 13.5. The molecule has 1 unspecified atom stereocenters. The summed E-state index contributed by atoms with van der Waals surface area (Å²) in [5.41, 5.74) is 1.16. The Morgan fingerprint density at radius 3 is 2.76 bits per heavy atom. The highest BCUT2D eigenvalue weighted by molar-refractivity contribution is 5.69. The quantitative estimate of drug-likeness (QED) is 0.868. The topological polar surface area (TPSA) is 41.6 Å². The Hall–Kier alpha value is -1.55. The zero-order valence-corrected chi connectivity index (χ0v) is 10.9. The normalized spacial score (nSPS) is 12.3. The second-order valence-electron chi connectivity index (χ2n) is 4.30. The van der Waals surface area contributed by atoms with Crippen molar-refractivity contribution in [2.45, 2.75) is 19.4 Å². The van der Waals surface area contributed by atoms with E-state index in [4.69, 9.17) is 4.74 Å². The third kappa shape index (κ3) is 4.44. The van der Waals surface area contributed by atoms with Crippen molar-refractivity contribution >= 4 is 6.09 Å². The van der Waals surface area contributed by atoms with Crippen LogP contribution in [0.25, 0.3) is 0 Å². The third-order valence-corrected chi connectivity index (χ3v) is 2.73. The predicted octanol–water partition coefficient (Wildman–Crippen LogP) is 1.90. The van der Waals surface area contributed by atoms with Crippen molar-refractivity contribution < 1.29 is 9.53 Å². The molecule has 0 aliphatic heterocycles. The van der Waals surface area contributed by atoms with Crippen LogP contribution in [0.4, 0.5) is 4.79 Å². The molecule has 1 amide bonds. The van der Waals surface area contributed by atoms with Gasteiger partial charge < -0.3 is 15.0 Å². The van der Waals surface area contributed by atoms with E-state index in [9.17, 15) is 4.79 Å². The molecule has 0 heterocycles. The van der Waals surface area contributed by atoms with E-state index in [1.165, 1.54) is 0 Å². The first-order valence-corrected chi connectivity index (χ1v) is 5.68. The highest BCUT2D eigenvalue weighted by Crippen LogP contribution is 2.15. The zero-order valence-electron chi connectivity index (χ0n) is 10.9. The molecular weight excluding hydrogens is 216 g/mol. The van der Waals surface area contributed by atoms with E-state index in [1.807, 2.05) is 18.2 Å². The van der Waals surface area contributed by atoms with E-state index in [1.54, 1.807) is 13.1 Å². The molecule has 1 atom stereocenters. The van der Waals surface area contributed by atoms with Crippen molar-refractivity contribution in [2.24, 2.45) is 0 Å². The minimum absolute atomic E-state index is 0.442. The van der Waals surface area contributed by atoms with Crippen LogP contribution in [0, 0.1) is 0 Å². The van der Waals surface area contributed by atoms with Crippen LogP contribution in [-0.2, 0) is 6.42 Å². The van der Waals surface area contributed by atoms with E-state index in [-0.39, 0.29) is 0 Å². The second-order valence-corrected chi connectivity index (χ2v) is 4.30. The summed E-state index contributed by atoms with van der Waals surface area (Å²) in [5, 5.41) is 2.42. The summed E-state index contributed by atoms with van der Waals surface area (Å²) < 4.78 is 5.08. The molecule has 0 fully saturated rings. The molecule has 1 aromatic carbocycles. The Morgan fingerprint density at radius 2 is 2.18 bits per heavy atom. The smallest absolute Gasteiger partial charge is 0.410 e. The van der Waals surface area contributed by atoms with Gasteiger partial charge in [0.25, 0.3) is 0 Å². The maximum absolute atomic E-state index is 11.1. The molecule has 17 heavy (non-hydrogen) atoms. The van der Waals surface area contributed by atoms with E-state index in [0.29, 0.717) is 11.8 Å². The highest BCUT2D eigenvalue weighted by Gasteiger charge is 2.07. The van der Waals surface area contributed by atoms with Crippen LogP contribution in [0.1, 0.15) is 12.5 Å². The lowest BCUT2D eigenvalue weighted by Gasteiger charge is -2.19. The Kier molecular flexibility index (Phi) is 4.97. The number of ether oxygens (including phenoxy) is 1. The van der Waals surface area contributed by atoms with Crippen LogP contribution in [0.15, 0.2) is 24.3 Å². The van der Waals surface area contributed by atoms with E-state index in [0.717, 1.165) is 12.0 Å². The Bertz CT molecular complexity index is 377. The number of likely N-dealkylation sites (N-methyl/N-ethyl adjacent to an activating group) is 1. The summed E-state index contributed by atoms with van der Waals surface area (Å²) in [7, 11) is 5.64. The van der Waals surface area contributed by atoms with Crippen molar-refractivity contribution in [1.29, 1.82) is 0 Å². The number of benzene rings is 1. The lowest BCUT2D eigenvalue weighted by Crippen LogP contribution is -2.26. The molecule has 0 saturated carbocycles. The van der Waals surface area contributed by atoms with Gasteiger partial charge in [-0.3, -0.25) is 0 Å². The van der Waals surface area contributed by atoms with Gasteiger partial charge in [-0.2, -0.15) is 0 Å². The van der Waals surface area contributed by atoms with Crippen LogP contribution in [-0.4, -0.2) is 38.2 Å². The number of rotatable bonds is 4. The number of hydrogen-bond donors (Lipinski definition) is 1. The number of hydrogen-bond acceptors (Lipinski definition) is 3. The van der Waals surface area contributed by atoms with Crippen molar-refractivity contribution in [2.75, 3.05) is 21.1 Å². The first-order valence-electron chi connectivity index (χ1n) is 5.68. The van der Waals surface area contributed by atoms with E-state index < -0.39 is 6.09 Å². The maximum atomic E-state index is 11.1. The highest BCUT2D eigenvalue weighted by atomic mass is 16.5. The summed E-state index contributed by atoms with van der Waals surface area (Å²) in [6, 6.07) is 8.06. The molecule has 1 aromatic rings. The minimum atomic E-state index is -0.442. The molecule has 0 radical (unpaired) electrons. The Labute approximate surface area is 103 Å². The van der Waals surface area contributed by atoms with Gasteiger partial charge in [0.15, 0.2) is 0 Å². The summed E-state index contributed by atoms with van der Waals surface area (Å²) in [6.45, 7) is 2.16. The summed E-state index contributed by atoms with van der Waals surface area (Å²) >= 11 is 0. The average Bonchev–Trinajstić information content (AvgIpc) is 2.29. The molecule has 0 spiro atoms. The summed E-state index contributed by atoms with van der Waals surface area (Å²) in [4.78, 5) is 13.2. The molecule has 0 aliphatic rings. The van der Waals surface area contributed by atoms with Crippen LogP contribution in [0.2, 0.25) is 0 Å². The molecule has 0 saturated heterocycles. The Morgan fingerprint density at radius 1 is 1.47 bits per heavy atom. The van der Waals surface area contributed by atoms with Crippen LogP contribution in [0.5, 0.6) is 5.75 Å². The molecule has 1 N–H and O–H groups in total. The van der Waals surface area contributed by atoms with Crippen LogP contribution >= 0.6 is 0 Å². The predicted molar refractivity (Wildman–Crippen MR) is 68.4 cm³/mol. The lowest BCUT2D eigenvalue weighted by atomic mass is 10.1. The fourth-order valence-electron chi connectivity index (χ4n) is 1.42. The third-order valence-electron chi connectivity index (χ3n) is 2.73. The molecule has 4 heteroatoms. The number of nitrogens with one attached hydrogen (secondary N) is 1. The second kappa shape index (κ2) is 6.25. The van der Waals surface area contributed by atoms with Gasteiger partial charge in [-0.25, -0.2) is 4.79 Å². The minimum Gasteiger partial charge on any atom is -0.410 e. The van der Waals surface area contributed by atoms with Crippen molar-refractivity contribution in [3.05, 3.63) is 29.8 Å². The molecule has 1 rings (SSSR count). The van der Waals surface area contributed by atoms with Crippen LogP contribution in [0.3, 0.4) is 0 Å². The average molecular weight is 236 g/mol. The number of carbonyl (C=O) groups excluding carboxylic acids is 1. The van der Waals surface area contributed by atoms with Crippen molar-refractivity contribution in [1.82, 2.24) is 10.2 Å². The van der Waals surface area contributed by atoms with E-state index >= 15 is 0 Å². The van der Waals surface area contributed by atoms with Crippen LogP contribution < -0.4 is 10.1 Å². The number of nitrogens with zero attached hydrogens (tertiary/aromatic N) is 1.